The number of carbonyl (C=O) groups is 1. The van der Waals surface area contributed by atoms with Crippen LogP contribution in [0.1, 0.15) is 67.4 Å². The molecule has 0 bridgehead atoms. The summed E-state index contributed by atoms with van der Waals surface area (Å²) in [6, 6.07) is 2.12. The van der Waals surface area contributed by atoms with Crippen molar-refractivity contribution < 1.29 is 9.53 Å². The van der Waals surface area contributed by atoms with Gasteiger partial charge in [0, 0.05) is 37.4 Å². The van der Waals surface area contributed by atoms with Crippen molar-refractivity contribution in [1.82, 2.24) is 14.4 Å². The minimum atomic E-state index is -0.0471. The van der Waals surface area contributed by atoms with Gasteiger partial charge in [0.2, 0.25) is 0 Å². The molecule has 0 N–H and O–H groups in total. The summed E-state index contributed by atoms with van der Waals surface area (Å²) < 4.78 is 7.30. The average molecular weight is 388 g/mol. The van der Waals surface area contributed by atoms with E-state index in [1.807, 2.05) is 9.47 Å². The molecule has 6 heteroatoms. The third-order valence-corrected chi connectivity index (χ3v) is 6.77. The molecule has 0 saturated carbocycles. The molecular weight excluding hydrogens is 354 g/mol. The monoisotopic (exact) mass is 387 g/mol. The number of ether oxygens (including phenoxy) is 1. The minimum absolute atomic E-state index is 0.0413. The Hall–Kier alpha value is -1.82. The molecule has 0 aliphatic carbocycles. The van der Waals surface area contributed by atoms with Crippen LogP contribution >= 0.6 is 0 Å². The highest BCUT2D eigenvalue weighted by atomic mass is 16.5. The first kappa shape index (κ1) is 19.5. The molecule has 1 aromatic rings. The van der Waals surface area contributed by atoms with Crippen LogP contribution in [0.25, 0.3) is 0 Å². The van der Waals surface area contributed by atoms with Crippen molar-refractivity contribution in [2.24, 2.45) is 0 Å². The first-order valence-electron chi connectivity index (χ1n) is 11.0. The molecule has 2 fully saturated rings. The van der Waals surface area contributed by atoms with Gasteiger partial charge in [-0.25, -0.2) is 0 Å². The van der Waals surface area contributed by atoms with Crippen molar-refractivity contribution in [3.8, 4) is 5.75 Å². The summed E-state index contributed by atoms with van der Waals surface area (Å²) in [6.45, 7) is 4.71. The SMILES string of the molecule is COc1cc(=O)n2c(c1C(=O)N1CCC(N3CCCCC3)CC1)CCCCC2. The highest BCUT2D eigenvalue weighted by Gasteiger charge is 2.31. The van der Waals surface area contributed by atoms with Crippen LogP contribution < -0.4 is 10.3 Å². The van der Waals surface area contributed by atoms with Crippen molar-refractivity contribution in [3.63, 3.8) is 0 Å². The number of nitrogens with zero attached hydrogens (tertiary/aromatic N) is 3. The number of methoxy groups -OCH3 is 1. The van der Waals surface area contributed by atoms with Crippen molar-refractivity contribution in [1.29, 1.82) is 0 Å². The van der Waals surface area contributed by atoms with Gasteiger partial charge in [-0.15, -0.1) is 0 Å². The van der Waals surface area contributed by atoms with Gasteiger partial charge < -0.3 is 19.1 Å². The number of fused-ring (bicyclic) bond motifs is 1. The molecule has 6 nitrogen and oxygen atoms in total. The van der Waals surface area contributed by atoms with Gasteiger partial charge in [-0.2, -0.15) is 0 Å². The maximum Gasteiger partial charge on any atom is 0.259 e. The predicted molar refractivity (Wildman–Crippen MR) is 109 cm³/mol. The third kappa shape index (κ3) is 3.84. The van der Waals surface area contributed by atoms with E-state index in [4.69, 9.17) is 4.74 Å². The van der Waals surface area contributed by atoms with Crippen LogP contribution in [-0.2, 0) is 13.0 Å². The Morgan fingerprint density at radius 3 is 2.36 bits per heavy atom. The second-order valence-corrected chi connectivity index (χ2v) is 8.45. The highest BCUT2D eigenvalue weighted by Crippen LogP contribution is 2.28. The molecule has 1 aromatic heterocycles. The van der Waals surface area contributed by atoms with E-state index in [1.165, 1.54) is 38.4 Å². The second-order valence-electron chi connectivity index (χ2n) is 8.45. The summed E-state index contributed by atoms with van der Waals surface area (Å²) >= 11 is 0. The molecule has 0 aromatic carbocycles. The zero-order valence-corrected chi connectivity index (χ0v) is 17.1. The molecule has 1 amide bonds. The first-order valence-corrected chi connectivity index (χ1v) is 11.0. The molecule has 3 aliphatic rings. The number of rotatable bonds is 3. The lowest BCUT2D eigenvalue weighted by molar-refractivity contribution is 0.0585. The van der Waals surface area contributed by atoms with Gasteiger partial charge in [0.25, 0.3) is 11.5 Å². The molecule has 4 heterocycles. The summed E-state index contributed by atoms with van der Waals surface area (Å²) in [5, 5.41) is 0. The fraction of sp³-hybridized carbons (Fsp3) is 0.727. The maximum atomic E-state index is 13.5. The second kappa shape index (κ2) is 8.68. The van der Waals surface area contributed by atoms with Crippen LogP contribution in [-0.4, -0.2) is 59.6 Å². The number of hydrogen-bond acceptors (Lipinski definition) is 4. The fourth-order valence-electron chi connectivity index (χ4n) is 5.18. The van der Waals surface area contributed by atoms with Gasteiger partial charge in [0.15, 0.2) is 0 Å². The summed E-state index contributed by atoms with van der Waals surface area (Å²) in [5.41, 5.74) is 1.46. The van der Waals surface area contributed by atoms with Crippen molar-refractivity contribution in [2.45, 2.75) is 70.4 Å². The van der Waals surface area contributed by atoms with E-state index in [0.29, 0.717) is 23.9 Å². The normalized spacial score (nSPS) is 21.8. The minimum Gasteiger partial charge on any atom is -0.496 e. The molecule has 2 saturated heterocycles. The number of aromatic nitrogens is 1. The smallest absolute Gasteiger partial charge is 0.259 e. The van der Waals surface area contributed by atoms with Crippen LogP contribution in [0.15, 0.2) is 10.9 Å². The van der Waals surface area contributed by atoms with E-state index in [1.54, 1.807) is 7.11 Å². The molecule has 4 rings (SSSR count). The number of likely N-dealkylation sites (tertiary alicyclic amines) is 2. The lowest BCUT2D eigenvalue weighted by Crippen LogP contribution is -2.48. The van der Waals surface area contributed by atoms with Gasteiger partial charge in [0.05, 0.1) is 7.11 Å². The molecule has 0 radical (unpaired) electrons. The van der Waals surface area contributed by atoms with Crippen molar-refractivity contribution in [2.75, 3.05) is 33.3 Å². The topological polar surface area (TPSA) is 54.8 Å². The Balaban J connectivity index is 1.54. The number of piperidine rings is 2. The number of hydrogen-bond donors (Lipinski definition) is 0. The molecule has 3 aliphatic heterocycles. The summed E-state index contributed by atoms with van der Waals surface area (Å²) in [5.74, 6) is 0.487. The van der Waals surface area contributed by atoms with Crippen LogP contribution in [0.3, 0.4) is 0 Å². The first-order chi connectivity index (χ1) is 13.7. The largest absolute Gasteiger partial charge is 0.496 e. The van der Waals surface area contributed by atoms with Gasteiger partial charge in [-0.05, 0) is 58.0 Å². The predicted octanol–water partition coefficient (Wildman–Crippen LogP) is 2.67. The van der Waals surface area contributed by atoms with Crippen LogP contribution in [0.4, 0.5) is 0 Å². The van der Waals surface area contributed by atoms with Gasteiger partial charge in [-0.3, -0.25) is 9.59 Å². The summed E-state index contributed by atoms with van der Waals surface area (Å²) in [7, 11) is 1.56. The Morgan fingerprint density at radius 1 is 0.964 bits per heavy atom. The zero-order chi connectivity index (χ0) is 19.5. The lowest BCUT2D eigenvalue weighted by Gasteiger charge is -2.40. The van der Waals surface area contributed by atoms with E-state index in [9.17, 15) is 9.59 Å². The van der Waals surface area contributed by atoms with Crippen molar-refractivity contribution in [3.05, 3.63) is 27.7 Å². The van der Waals surface area contributed by atoms with Crippen LogP contribution in [0.2, 0.25) is 0 Å². The zero-order valence-electron chi connectivity index (χ0n) is 17.1. The van der Waals surface area contributed by atoms with E-state index >= 15 is 0 Å². The van der Waals surface area contributed by atoms with E-state index in [2.05, 4.69) is 4.90 Å². The molecule has 0 unspecified atom stereocenters. The number of carbonyl (C=O) groups excluding carboxylic acids is 1. The van der Waals surface area contributed by atoms with Crippen LogP contribution in [0.5, 0.6) is 5.75 Å². The summed E-state index contributed by atoms with van der Waals surface area (Å²) in [4.78, 5) is 30.6. The Morgan fingerprint density at radius 2 is 1.64 bits per heavy atom. The number of amides is 1. The molecule has 154 valence electrons. The molecule has 0 spiro atoms. The third-order valence-electron chi connectivity index (χ3n) is 6.77. The molecule has 28 heavy (non-hydrogen) atoms. The standard InChI is InChI=1S/C22H33N3O3/c1-28-19-16-20(26)25-13-7-2-4-8-18(25)21(19)22(27)24-14-9-17(10-15-24)23-11-5-3-6-12-23/h16-17H,2-15H2,1H3. The van der Waals surface area contributed by atoms with Gasteiger partial charge >= 0.3 is 0 Å². The molecular formula is C22H33N3O3. The number of pyridine rings is 1. The lowest BCUT2D eigenvalue weighted by atomic mass is 9.98. The van der Waals surface area contributed by atoms with E-state index < -0.39 is 0 Å². The fourth-order valence-corrected chi connectivity index (χ4v) is 5.18. The molecule has 0 atom stereocenters. The Kier molecular flexibility index (Phi) is 6.04. The van der Waals surface area contributed by atoms with Crippen molar-refractivity contribution >= 4 is 5.91 Å². The maximum absolute atomic E-state index is 13.5. The Labute approximate surface area is 167 Å². The summed E-state index contributed by atoms with van der Waals surface area (Å²) in [6.07, 6.45) is 9.94. The van der Waals surface area contributed by atoms with E-state index in [-0.39, 0.29) is 11.5 Å². The Bertz CT molecular complexity index is 759. The highest BCUT2D eigenvalue weighted by molar-refractivity contribution is 5.98. The quantitative estimate of drug-likeness (QED) is 0.800. The van der Waals surface area contributed by atoms with E-state index in [0.717, 1.165) is 57.3 Å². The van der Waals surface area contributed by atoms with Gasteiger partial charge in [-0.1, -0.05) is 12.8 Å². The van der Waals surface area contributed by atoms with Crippen LogP contribution in [0, 0.1) is 0 Å². The van der Waals surface area contributed by atoms with Gasteiger partial charge in [0.1, 0.15) is 11.3 Å². The average Bonchev–Trinajstić information content (AvgIpc) is 3.00.